The molecule has 0 aliphatic carbocycles. The van der Waals surface area contributed by atoms with Crippen LogP contribution in [0.1, 0.15) is 21.6 Å². The van der Waals surface area contributed by atoms with Crippen LogP contribution in [0.5, 0.6) is 0 Å². The van der Waals surface area contributed by atoms with Crippen molar-refractivity contribution in [2.75, 3.05) is 6.61 Å². The van der Waals surface area contributed by atoms with Crippen LogP contribution < -0.4 is 5.73 Å². The highest BCUT2D eigenvalue weighted by atomic mass is 19.1. The van der Waals surface area contributed by atoms with Crippen LogP contribution in [0.2, 0.25) is 0 Å². The molecule has 0 radical (unpaired) electrons. The molecule has 10 heteroatoms. The summed E-state index contributed by atoms with van der Waals surface area (Å²) in [5.74, 6) is -0.769. The van der Waals surface area contributed by atoms with E-state index in [-0.39, 0.29) is 24.9 Å². The van der Waals surface area contributed by atoms with Gasteiger partial charge in [0.25, 0.3) is 6.47 Å². The number of fused-ring (bicyclic) bond motifs is 2. The van der Waals surface area contributed by atoms with Crippen molar-refractivity contribution in [1.82, 2.24) is 19.4 Å². The average Bonchev–Trinajstić information content (AvgIpc) is 3.62. The second-order valence-corrected chi connectivity index (χ2v) is 9.68. The number of nitrogens with two attached hydrogens (primary N) is 1. The first-order valence-corrected chi connectivity index (χ1v) is 13.1. The molecule has 0 spiro atoms. The average molecular weight is 566 g/mol. The molecule has 0 aliphatic rings. The number of H-pyrrole nitrogens is 1. The van der Waals surface area contributed by atoms with Crippen molar-refractivity contribution in [3.05, 3.63) is 114 Å². The minimum Gasteiger partial charge on any atom is -0.483 e. The molecule has 212 valence electrons. The van der Waals surface area contributed by atoms with E-state index in [0.717, 1.165) is 33.2 Å². The predicted octanol–water partition coefficient (Wildman–Crippen LogP) is 5.42. The molecular weight excluding hydrogens is 537 g/mol. The first-order valence-electron chi connectivity index (χ1n) is 13.1. The van der Waals surface area contributed by atoms with E-state index in [1.54, 1.807) is 29.7 Å². The number of para-hydroxylation sites is 1. The molecular formula is C32H28FN5O4. The Bertz CT molecular complexity index is 1880. The second kappa shape index (κ2) is 12.4. The zero-order chi connectivity index (χ0) is 29.6. The number of nitrogens with zero attached hydrogens (tertiary/aromatic N) is 3. The lowest BCUT2D eigenvalue weighted by atomic mass is 9.99. The van der Waals surface area contributed by atoms with E-state index in [1.165, 1.54) is 12.3 Å². The Hall–Kier alpha value is -5.35. The van der Waals surface area contributed by atoms with E-state index in [4.69, 9.17) is 20.4 Å². The number of aryl methyl sites for hydroxylation is 1. The fourth-order valence-electron chi connectivity index (χ4n) is 4.85. The first-order chi connectivity index (χ1) is 20.4. The summed E-state index contributed by atoms with van der Waals surface area (Å²) in [6.07, 6.45) is 7.55. The maximum absolute atomic E-state index is 13.9. The predicted molar refractivity (Wildman–Crippen MR) is 158 cm³/mol. The number of carboxylic acid groups (broad SMARTS) is 1. The normalized spacial score (nSPS) is 11.6. The molecule has 0 aliphatic heterocycles. The maximum Gasteiger partial charge on any atom is 0.357 e. The molecule has 2 aromatic carbocycles. The third kappa shape index (κ3) is 5.89. The minimum absolute atomic E-state index is 0.0714. The molecule has 9 nitrogen and oxygen atoms in total. The van der Waals surface area contributed by atoms with Gasteiger partial charge in [0.05, 0.1) is 11.9 Å². The van der Waals surface area contributed by atoms with Crippen molar-refractivity contribution in [3.63, 3.8) is 0 Å². The van der Waals surface area contributed by atoms with Gasteiger partial charge in [0.15, 0.2) is 5.69 Å². The maximum atomic E-state index is 13.9. The monoisotopic (exact) mass is 565 g/mol. The van der Waals surface area contributed by atoms with Gasteiger partial charge in [0.1, 0.15) is 18.1 Å². The third-order valence-electron chi connectivity index (χ3n) is 6.85. The van der Waals surface area contributed by atoms with Gasteiger partial charge in [-0.25, -0.2) is 14.2 Å². The van der Waals surface area contributed by atoms with Gasteiger partial charge in [-0.2, -0.15) is 0 Å². The van der Waals surface area contributed by atoms with Crippen LogP contribution in [0.15, 0.2) is 91.5 Å². The number of halogens is 1. The van der Waals surface area contributed by atoms with E-state index in [1.807, 2.05) is 60.9 Å². The summed E-state index contributed by atoms with van der Waals surface area (Å²) in [6.45, 7) is 1.55. The number of ether oxygens (including phenoxy) is 1. The third-order valence-corrected chi connectivity index (χ3v) is 6.85. The number of benzene rings is 2. The standard InChI is InChI=1S/C31H26FN5O2.CH2O2/c1-19-13-20(8-10-26(19)32)30-25(6-4-12-34-30)21-9-11-29-36-16-28(37(29)17-21)31(38)39-18-23(33)14-22-15-35-27-7-3-2-5-24(22)27;2-1-3/h2-13,15-17,23,35H,14,18,33H2,1H3;1H,(H,2,3)/t23-;/m0./s1. The van der Waals surface area contributed by atoms with Gasteiger partial charge in [-0.15, -0.1) is 0 Å². The Balaban J connectivity index is 0.00000113. The van der Waals surface area contributed by atoms with E-state index in [0.29, 0.717) is 29.0 Å². The number of hydrogen-bond acceptors (Lipinski definition) is 6. The molecule has 4 heterocycles. The van der Waals surface area contributed by atoms with Crippen LogP contribution in [-0.4, -0.2) is 49.5 Å². The van der Waals surface area contributed by atoms with Crippen LogP contribution in [0, 0.1) is 12.7 Å². The number of rotatable bonds is 7. The van der Waals surface area contributed by atoms with Crippen molar-refractivity contribution in [1.29, 1.82) is 0 Å². The molecule has 4 aromatic heterocycles. The Labute approximate surface area is 240 Å². The molecule has 0 saturated carbocycles. The zero-order valence-electron chi connectivity index (χ0n) is 22.7. The van der Waals surface area contributed by atoms with Crippen LogP contribution in [0.25, 0.3) is 38.9 Å². The molecule has 0 unspecified atom stereocenters. The van der Waals surface area contributed by atoms with Crippen LogP contribution >= 0.6 is 0 Å². The molecule has 4 N–H and O–H groups in total. The lowest BCUT2D eigenvalue weighted by molar-refractivity contribution is -0.122. The molecule has 1 atom stereocenters. The Morgan fingerprint density at radius 2 is 1.90 bits per heavy atom. The van der Waals surface area contributed by atoms with Crippen LogP contribution in [0.4, 0.5) is 4.39 Å². The van der Waals surface area contributed by atoms with Crippen molar-refractivity contribution < 1.29 is 23.8 Å². The summed E-state index contributed by atoms with van der Waals surface area (Å²) in [5.41, 5.74) is 13.1. The number of carbonyl (C=O) groups excluding carboxylic acids is 1. The molecule has 0 amide bonds. The number of imidazole rings is 1. The van der Waals surface area contributed by atoms with Crippen LogP contribution in [-0.2, 0) is 16.0 Å². The highest BCUT2D eigenvalue weighted by molar-refractivity contribution is 5.89. The molecule has 6 aromatic rings. The fourth-order valence-corrected chi connectivity index (χ4v) is 4.85. The minimum atomic E-state index is -0.505. The second-order valence-electron chi connectivity index (χ2n) is 9.68. The highest BCUT2D eigenvalue weighted by Crippen LogP contribution is 2.31. The summed E-state index contributed by atoms with van der Waals surface area (Å²) < 4.78 is 21.2. The molecule has 6 rings (SSSR count). The summed E-state index contributed by atoms with van der Waals surface area (Å²) in [5, 5.41) is 8.00. The topological polar surface area (TPSA) is 136 Å². The smallest absolute Gasteiger partial charge is 0.357 e. The summed E-state index contributed by atoms with van der Waals surface area (Å²) in [7, 11) is 0. The molecule has 0 bridgehead atoms. The van der Waals surface area contributed by atoms with Gasteiger partial charge in [0.2, 0.25) is 0 Å². The van der Waals surface area contributed by atoms with Crippen LogP contribution in [0.3, 0.4) is 0 Å². The molecule has 0 fully saturated rings. The van der Waals surface area contributed by atoms with Gasteiger partial charge in [-0.3, -0.25) is 14.2 Å². The lowest BCUT2D eigenvalue weighted by Gasteiger charge is -2.13. The summed E-state index contributed by atoms with van der Waals surface area (Å²) >= 11 is 0. The van der Waals surface area contributed by atoms with E-state index in [9.17, 15) is 9.18 Å². The van der Waals surface area contributed by atoms with E-state index >= 15 is 0 Å². The largest absolute Gasteiger partial charge is 0.483 e. The summed E-state index contributed by atoms with van der Waals surface area (Å²) in [6, 6.07) is 20.1. The highest BCUT2D eigenvalue weighted by Gasteiger charge is 2.18. The van der Waals surface area contributed by atoms with Gasteiger partial charge in [0, 0.05) is 52.2 Å². The Kier molecular flexibility index (Phi) is 8.35. The number of pyridine rings is 2. The Morgan fingerprint density at radius 3 is 2.71 bits per heavy atom. The van der Waals surface area contributed by atoms with Gasteiger partial charge in [-0.05, 0) is 66.9 Å². The number of nitrogens with one attached hydrogen (secondary N) is 1. The lowest BCUT2D eigenvalue weighted by Crippen LogP contribution is -2.30. The SMILES string of the molecule is Cc1cc(-c2ncccc2-c2ccc3ncc(C(=O)OC[C@@H](N)Cc4c[nH]c5ccccc45)n3c2)ccc1F.O=CO. The number of aromatic nitrogens is 4. The Morgan fingerprint density at radius 1 is 1.12 bits per heavy atom. The van der Waals surface area contributed by atoms with E-state index < -0.39 is 5.97 Å². The van der Waals surface area contributed by atoms with Crippen molar-refractivity contribution in [2.45, 2.75) is 19.4 Å². The quantitative estimate of drug-likeness (QED) is 0.174. The van der Waals surface area contributed by atoms with Gasteiger partial charge >= 0.3 is 5.97 Å². The van der Waals surface area contributed by atoms with Gasteiger partial charge in [-0.1, -0.05) is 24.3 Å². The zero-order valence-corrected chi connectivity index (χ0v) is 22.7. The van der Waals surface area contributed by atoms with Crippen molar-refractivity contribution in [2.24, 2.45) is 5.73 Å². The fraction of sp³-hybridized carbons (Fsp3) is 0.125. The van der Waals surface area contributed by atoms with Crippen molar-refractivity contribution in [3.8, 4) is 22.4 Å². The number of aromatic amines is 1. The summed E-state index contributed by atoms with van der Waals surface area (Å²) in [4.78, 5) is 33.6. The van der Waals surface area contributed by atoms with E-state index in [2.05, 4.69) is 15.0 Å². The first kappa shape index (κ1) is 28.2. The number of esters is 1. The molecule has 0 saturated heterocycles. The number of hydrogen-bond donors (Lipinski definition) is 3. The van der Waals surface area contributed by atoms with Gasteiger partial charge < -0.3 is 20.6 Å². The molecule has 42 heavy (non-hydrogen) atoms. The van der Waals surface area contributed by atoms with Crippen molar-refractivity contribution >= 4 is 29.0 Å². The number of carbonyl (C=O) groups is 2.